The number of carbonyl (C=O) groups excluding carboxylic acids is 2. The van der Waals surface area contributed by atoms with Gasteiger partial charge >= 0.3 is 0 Å². The topological polar surface area (TPSA) is 37.4 Å². The van der Waals surface area contributed by atoms with Gasteiger partial charge < -0.3 is 0 Å². The normalized spacial score (nSPS) is 13.8. The quantitative estimate of drug-likeness (QED) is 0.770. The van der Waals surface area contributed by atoms with Crippen molar-refractivity contribution in [2.75, 3.05) is 0 Å². The molecule has 0 atom stereocenters. The molecule has 0 unspecified atom stereocenters. The summed E-state index contributed by atoms with van der Waals surface area (Å²) >= 11 is 9.36. The van der Waals surface area contributed by atoms with E-state index in [2.05, 4.69) is 15.9 Å². The van der Waals surface area contributed by atoms with Crippen molar-refractivity contribution < 1.29 is 9.59 Å². The zero-order valence-corrected chi connectivity index (χ0v) is 12.6. The van der Waals surface area contributed by atoms with E-state index in [1.54, 1.807) is 42.5 Å². The maximum atomic E-state index is 12.3. The average molecular weight is 351 g/mol. The highest BCUT2D eigenvalue weighted by molar-refractivity contribution is 9.10. The lowest BCUT2D eigenvalue weighted by Gasteiger charge is -2.15. The molecule has 100 valence electrons. The van der Waals surface area contributed by atoms with Crippen molar-refractivity contribution >= 4 is 39.3 Å². The minimum absolute atomic E-state index is 0.202. The number of nitrogens with zero attached hydrogens (tertiary/aromatic N) is 1. The lowest BCUT2D eigenvalue weighted by Crippen LogP contribution is -2.29. The first-order chi connectivity index (χ1) is 9.58. The Morgan fingerprint density at radius 2 is 1.60 bits per heavy atom. The number of hydrogen-bond acceptors (Lipinski definition) is 2. The van der Waals surface area contributed by atoms with Crippen LogP contribution in [0.3, 0.4) is 0 Å². The summed E-state index contributed by atoms with van der Waals surface area (Å²) in [6, 6.07) is 12.1. The second kappa shape index (κ2) is 5.04. The number of fused-ring (bicyclic) bond motifs is 1. The maximum absolute atomic E-state index is 12.3. The van der Waals surface area contributed by atoms with Gasteiger partial charge in [0.25, 0.3) is 11.8 Å². The molecule has 0 saturated heterocycles. The third-order valence-corrected chi connectivity index (χ3v) is 4.22. The molecule has 0 spiro atoms. The van der Waals surface area contributed by atoms with Crippen LogP contribution < -0.4 is 0 Å². The molecule has 1 heterocycles. The molecule has 1 aliphatic rings. The molecule has 2 aromatic rings. The molecule has 0 saturated carbocycles. The van der Waals surface area contributed by atoms with Crippen molar-refractivity contribution in [1.29, 1.82) is 0 Å². The lowest BCUT2D eigenvalue weighted by molar-refractivity contribution is 0.0642. The van der Waals surface area contributed by atoms with Crippen LogP contribution in [0.4, 0.5) is 0 Å². The van der Waals surface area contributed by atoms with Crippen LogP contribution in [0, 0.1) is 0 Å². The first-order valence-corrected chi connectivity index (χ1v) is 7.14. The third kappa shape index (κ3) is 2.15. The summed E-state index contributed by atoms with van der Waals surface area (Å²) in [4.78, 5) is 25.8. The molecule has 1 aliphatic heterocycles. The SMILES string of the molecule is O=C1c2ccccc2C(=O)N1Cc1cc(Cl)ccc1Br. The number of imide groups is 1. The van der Waals surface area contributed by atoms with Crippen LogP contribution in [0.2, 0.25) is 5.02 Å². The molecule has 0 aliphatic carbocycles. The van der Waals surface area contributed by atoms with Crippen molar-refractivity contribution in [3.63, 3.8) is 0 Å². The molecule has 5 heteroatoms. The smallest absolute Gasteiger partial charge is 0.261 e. The molecule has 0 radical (unpaired) electrons. The fourth-order valence-electron chi connectivity index (χ4n) is 2.22. The summed E-state index contributed by atoms with van der Waals surface area (Å²) in [5.41, 5.74) is 1.71. The van der Waals surface area contributed by atoms with Gasteiger partial charge in [0.2, 0.25) is 0 Å². The van der Waals surface area contributed by atoms with E-state index in [1.165, 1.54) is 4.90 Å². The van der Waals surface area contributed by atoms with Gasteiger partial charge in [0.15, 0.2) is 0 Å². The van der Waals surface area contributed by atoms with E-state index in [1.807, 2.05) is 0 Å². The molecule has 2 aromatic carbocycles. The zero-order chi connectivity index (χ0) is 14.3. The van der Waals surface area contributed by atoms with E-state index < -0.39 is 0 Å². The van der Waals surface area contributed by atoms with Gasteiger partial charge in [-0.05, 0) is 35.9 Å². The first kappa shape index (κ1) is 13.3. The van der Waals surface area contributed by atoms with Gasteiger partial charge in [0, 0.05) is 9.50 Å². The average Bonchev–Trinajstić information content (AvgIpc) is 2.68. The fraction of sp³-hybridized carbons (Fsp3) is 0.0667. The summed E-state index contributed by atoms with van der Waals surface area (Å²) in [5, 5.41) is 0.569. The molecule has 2 amide bonds. The Morgan fingerprint density at radius 3 is 2.20 bits per heavy atom. The van der Waals surface area contributed by atoms with Crippen LogP contribution in [0.5, 0.6) is 0 Å². The molecular formula is C15H9BrClNO2. The van der Waals surface area contributed by atoms with E-state index in [-0.39, 0.29) is 18.4 Å². The molecule has 3 rings (SSSR count). The largest absolute Gasteiger partial charge is 0.270 e. The Labute approximate surface area is 129 Å². The first-order valence-electron chi connectivity index (χ1n) is 5.97. The van der Waals surface area contributed by atoms with Crippen molar-refractivity contribution in [3.05, 3.63) is 68.7 Å². The number of amides is 2. The fourth-order valence-corrected chi connectivity index (χ4v) is 2.78. The van der Waals surface area contributed by atoms with E-state index in [9.17, 15) is 9.59 Å². The van der Waals surface area contributed by atoms with Crippen LogP contribution in [-0.2, 0) is 6.54 Å². The Balaban J connectivity index is 1.96. The van der Waals surface area contributed by atoms with Crippen LogP contribution in [0.25, 0.3) is 0 Å². The minimum Gasteiger partial charge on any atom is -0.270 e. The molecule has 0 N–H and O–H groups in total. The summed E-state index contributed by atoms with van der Waals surface area (Å²) < 4.78 is 0.818. The molecule has 0 aromatic heterocycles. The van der Waals surface area contributed by atoms with Gasteiger partial charge in [-0.3, -0.25) is 14.5 Å². The number of hydrogen-bond donors (Lipinski definition) is 0. The monoisotopic (exact) mass is 349 g/mol. The molecule has 0 fully saturated rings. The van der Waals surface area contributed by atoms with Crippen molar-refractivity contribution in [1.82, 2.24) is 4.90 Å². The molecule has 0 bridgehead atoms. The zero-order valence-electron chi connectivity index (χ0n) is 10.3. The van der Waals surface area contributed by atoms with Gasteiger partial charge in [-0.2, -0.15) is 0 Å². The van der Waals surface area contributed by atoms with Crippen molar-refractivity contribution in [2.45, 2.75) is 6.54 Å². The number of carbonyl (C=O) groups is 2. The number of rotatable bonds is 2. The highest BCUT2D eigenvalue weighted by Gasteiger charge is 2.35. The van der Waals surface area contributed by atoms with Gasteiger partial charge in [-0.25, -0.2) is 0 Å². The summed E-state index contributed by atoms with van der Waals surface area (Å²) in [6.45, 7) is 0.202. The predicted molar refractivity (Wildman–Crippen MR) is 79.8 cm³/mol. The highest BCUT2D eigenvalue weighted by Crippen LogP contribution is 2.28. The van der Waals surface area contributed by atoms with Crippen LogP contribution in [0.1, 0.15) is 26.3 Å². The molecule has 3 nitrogen and oxygen atoms in total. The Morgan fingerprint density at radius 1 is 1.00 bits per heavy atom. The second-order valence-corrected chi connectivity index (χ2v) is 5.77. The second-order valence-electron chi connectivity index (χ2n) is 4.48. The molecular weight excluding hydrogens is 342 g/mol. The van der Waals surface area contributed by atoms with Crippen LogP contribution in [0.15, 0.2) is 46.9 Å². The van der Waals surface area contributed by atoms with Crippen LogP contribution >= 0.6 is 27.5 Å². The minimum atomic E-state index is -0.266. The van der Waals surface area contributed by atoms with E-state index in [0.29, 0.717) is 16.1 Å². The lowest BCUT2D eigenvalue weighted by atomic mass is 10.1. The standard InChI is InChI=1S/C15H9BrClNO2/c16-13-6-5-10(17)7-9(13)8-18-14(19)11-3-1-2-4-12(11)15(18)20/h1-7H,8H2. The van der Waals surface area contributed by atoms with E-state index >= 15 is 0 Å². The predicted octanol–water partition coefficient (Wildman–Crippen LogP) is 3.90. The van der Waals surface area contributed by atoms with Crippen LogP contribution in [-0.4, -0.2) is 16.7 Å². The summed E-state index contributed by atoms with van der Waals surface area (Å²) in [7, 11) is 0. The maximum Gasteiger partial charge on any atom is 0.261 e. The van der Waals surface area contributed by atoms with E-state index in [4.69, 9.17) is 11.6 Å². The van der Waals surface area contributed by atoms with Gasteiger partial charge in [0.1, 0.15) is 0 Å². The van der Waals surface area contributed by atoms with Gasteiger partial charge in [-0.15, -0.1) is 0 Å². The van der Waals surface area contributed by atoms with Gasteiger partial charge in [0.05, 0.1) is 17.7 Å². The summed E-state index contributed by atoms with van der Waals surface area (Å²) in [6.07, 6.45) is 0. The van der Waals surface area contributed by atoms with Crippen molar-refractivity contribution in [2.24, 2.45) is 0 Å². The number of halogens is 2. The number of benzene rings is 2. The summed E-state index contributed by atoms with van der Waals surface area (Å²) in [5.74, 6) is -0.532. The van der Waals surface area contributed by atoms with Gasteiger partial charge in [-0.1, -0.05) is 39.7 Å². The Bertz CT molecular complexity index is 695. The van der Waals surface area contributed by atoms with Crippen molar-refractivity contribution in [3.8, 4) is 0 Å². The third-order valence-electron chi connectivity index (χ3n) is 3.21. The van der Waals surface area contributed by atoms with E-state index in [0.717, 1.165) is 10.0 Å². The molecule has 20 heavy (non-hydrogen) atoms. The Kier molecular flexibility index (Phi) is 3.36. The highest BCUT2D eigenvalue weighted by atomic mass is 79.9. The Hall–Kier alpha value is -1.65.